The van der Waals surface area contributed by atoms with Gasteiger partial charge in [0.2, 0.25) is 5.91 Å². The molecular weight excluding hydrogens is 230 g/mol. The van der Waals surface area contributed by atoms with E-state index in [1.54, 1.807) is 0 Å². The molecule has 0 heterocycles. The number of anilines is 1. The average Bonchev–Trinajstić information content (AvgIpc) is 2.22. The third-order valence-electron chi connectivity index (χ3n) is 2.73. The summed E-state index contributed by atoms with van der Waals surface area (Å²) >= 11 is 0. The Morgan fingerprint density at radius 3 is 2.17 bits per heavy atom. The third-order valence-corrected chi connectivity index (χ3v) is 2.73. The number of aliphatic carboxylic acids is 1. The Labute approximate surface area is 107 Å². The van der Waals surface area contributed by atoms with Crippen molar-refractivity contribution >= 4 is 17.6 Å². The van der Waals surface area contributed by atoms with Crippen LogP contribution in [0.4, 0.5) is 5.69 Å². The average molecular weight is 248 g/mol. The van der Waals surface area contributed by atoms with Crippen molar-refractivity contribution in [1.82, 2.24) is 0 Å². The number of carbonyl (C=O) groups excluding carboxylic acids is 2. The standard InChI is InChI=1S/C14H19NO3/c1-9-7-10(2)14(11(3)8-9)15-12(16)5-4-6-13(17)18/h7-8H,4-6H2,1-3H3,(H,15,16)(H,17,18)/p-1. The number of nitrogens with one attached hydrogen (secondary N) is 1. The summed E-state index contributed by atoms with van der Waals surface area (Å²) in [6.07, 6.45) is 0.415. The Morgan fingerprint density at radius 1 is 1.11 bits per heavy atom. The molecule has 0 fully saturated rings. The van der Waals surface area contributed by atoms with E-state index < -0.39 is 5.97 Å². The summed E-state index contributed by atoms with van der Waals surface area (Å²) < 4.78 is 0. The molecule has 0 aliphatic heterocycles. The van der Waals surface area contributed by atoms with Crippen LogP contribution in [0.5, 0.6) is 0 Å². The maximum atomic E-state index is 11.7. The summed E-state index contributed by atoms with van der Waals surface area (Å²) in [6, 6.07) is 4.01. The van der Waals surface area contributed by atoms with Crippen molar-refractivity contribution in [2.45, 2.75) is 40.0 Å². The highest BCUT2D eigenvalue weighted by Gasteiger charge is 2.07. The van der Waals surface area contributed by atoms with E-state index in [2.05, 4.69) is 5.32 Å². The molecule has 4 heteroatoms. The molecule has 0 aliphatic carbocycles. The first kappa shape index (κ1) is 14.2. The molecule has 1 N–H and O–H groups in total. The van der Waals surface area contributed by atoms with E-state index in [0.717, 1.165) is 22.4 Å². The number of carboxylic acid groups (broad SMARTS) is 1. The Balaban J connectivity index is 2.62. The largest absolute Gasteiger partial charge is 0.550 e. The maximum absolute atomic E-state index is 11.7. The lowest BCUT2D eigenvalue weighted by Crippen LogP contribution is -2.22. The molecule has 0 unspecified atom stereocenters. The summed E-state index contributed by atoms with van der Waals surface area (Å²) in [5, 5.41) is 13.1. The zero-order valence-corrected chi connectivity index (χ0v) is 11.0. The van der Waals surface area contributed by atoms with Crippen molar-refractivity contribution in [2.24, 2.45) is 0 Å². The van der Waals surface area contributed by atoms with E-state index in [-0.39, 0.29) is 18.7 Å². The molecule has 0 saturated carbocycles. The van der Waals surface area contributed by atoms with Crippen LogP contribution in [-0.4, -0.2) is 11.9 Å². The zero-order valence-electron chi connectivity index (χ0n) is 11.0. The molecule has 1 aromatic rings. The zero-order chi connectivity index (χ0) is 13.7. The summed E-state index contributed by atoms with van der Waals surface area (Å²) in [4.78, 5) is 21.9. The van der Waals surface area contributed by atoms with Crippen molar-refractivity contribution < 1.29 is 14.7 Å². The van der Waals surface area contributed by atoms with Crippen LogP contribution in [0.3, 0.4) is 0 Å². The first-order chi connectivity index (χ1) is 8.40. The predicted molar refractivity (Wildman–Crippen MR) is 68.1 cm³/mol. The van der Waals surface area contributed by atoms with Gasteiger partial charge in [-0.1, -0.05) is 17.7 Å². The van der Waals surface area contributed by atoms with Gasteiger partial charge in [0.25, 0.3) is 0 Å². The molecule has 1 aromatic carbocycles. The first-order valence-corrected chi connectivity index (χ1v) is 5.97. The van der Waals surface area contributed by atoms with E-state index >= 15 is 0 Å². The number of hydrogen-bond acceptors (Lipinski definition) is 3. The molecule has 0 aliphatic rings. The second-order valence-electron chi connectivity index (χ2n) is 4.55. The van der Waals surface area contributed by atoms with Crippen molar-refractivity contribution in [3.8, 4) is 0 Å². The van der Waals surface area contributed by atoms with Gasteiger partial charge in [-0.25, -0.2) is 0 Å². The topological polar surface area (TPSA) is 69.2 Å². The van der Waals surface area contributed by atoms with Crippen molar-refractivity contribution in [3.05, 3.63) is 28.8 Å². The number of carboxylic acids is 1. The van der Waals surface area contributed by atoms with Crippen LogP contribution < -0.4 is 10.4 Å². The van der Waals surface area contributed by atoms with Crippen molar-refractivity contribution in [1.29, 1.82) is 0 Å². The highest BCUT2D eigenvalue weighted by molar-refractivity contribution is 5.92. The summed E-state index contributed by atoms with van der Waals surface area (Å²) in [7, 11) is 0. The quantitative estimate of drug-likeness (QED) is 0.857. The molecule has 0 aromatic heterocycles. The number of rotatable bonds is 5. The number of hydrogen-bond donors (Lipinski definition) is 1. The van der Waals surface area contributed by atoms with E-state index in [1.807, 2.05) is 32.9 Å². The molecule has 0 bridgehead atoms. The normalized spacial score (nSPS) is 10.2. The molecule has 1 amide bonds. The van der Waals surface area contributed by atoms with E-state index in [9.17, 15) is 14.7 Å². The van der Waals surface area contributed by atoms with Crippen molar-refractivity contribution in [3.63, 3.8) is 0 Å². The fourth-order valence-electron chi connectivity index (χ4n) is 1.97. The predicted octanol–water partition coefficient (Wildman–Crippen LogP) is 1.47. The van der Waals surface area contributed by atoms with Crippen LogP contribution in [0.15, 0.2) is 12.1 Å². The van der Waals surface area contributed by atoms with Gasteiger partial charge >= 0.3 is 0 Å². The van der Waals surface area contributed by atoms with Gasteiger partial charge in [0.05, 0.1) is 0 Å². The summed E-state index contributed by atoms with van der Waals surface area (Å²) in [5.74, 6) is -1.28. The Bertz CT molecular complexity index is 443. The Kier molecular flexibility index (Phi) is 4.89. The summed E-state index contributed by atoms with van der Waals surface area (Å²) in [5.41, 5.74) is 4.00. The van der Waals surface area contributed by atoms with Gasteiger partial charge in [0.1, 0.15) is 0 Å². The van der Waals surface area contributed by atoms with Crippen LogP contribution in [0, 0.1) is 20.8 Å². The lowest BCUT2D eigenvalue weighted by molar-refractivity contribution is -0.305. The molecule has 98 valence electrons. The third kappa shape index (κ3) is 4.20. The highest BCUT2D eigenvalue weighted by atomic mass is 16.4. The molecule has 0 saturated heterocycles. The van der Waals surface area contributed by atoms with Gasteiger partial charge in [-0.2, -0.15) is 0 Å². The lowest BCUT2D eigenvalue weighted by Gasteiger charge is -2.12. The van der Waals surface area contributed by atoms with Crippen molar-refractivity contribution in [2.75, 3.05) is 5.32 Å². The van der Waals surface area contributed by atoms with Crippen LogP contribution in [-0.2, 0) is 9.59 Å². The summed E-state index contributed by atoms with van der Waals surface area (Å²) in [6.45, 7) is 5.89. The minimum absolute atomic E-state index is 0.0840. The molecule has 0 atom stereocenters. The van der Waals surface area contributed by atoms with Gasteiger partial charge in [-0.05, 0) is 44.7 Å². The van der Waals surface area contributed by atoms with Gasteiger partial charge in [0, 0.05) is 18.1 Å². The monoisotopic (exact) mass is 248 g/mol. The van der Waals surface area contributed by atoms with Crippen LogP contribution in [0.2, 0.25) is 0 Å². The molecule has 18 heavy (non-hydrogen) atoms. The van der Waals surface area contributed by atoms with Gasteiger partial charge in [-0.3, -0.25) is 4.79 Å². The number of aryl methyl sites for hydroxylation is 3. The van der Waals surface area contributed by atoms with Gasteiger partial charge in [-0.15, -0.1) is 0 Å². The Morgan fingerprint density at radius 2 is 1.67 bits per heavy atom. The fourth-order valence-corrected chi connectivity index (χ4v) is 1.97. The van der Waals surface area contributed by atoms with E-state index in [1.165, 1.54) is 0 Å². The van der Waals surface area contributed by atoms with Gasteiger partial charge in [0.15, 0.2) is 0 Å². The minimum Gasteiger partial charge on any atom is -0.550 e. The van der Waals surface area contributed by atoms with E-state index in [0.29, 0.717) is 6.42 Å². The second-order valence-corrected chi connectivity index (χ2v) is 4.55. The molecule has 0 radical (unpaired) electrons. The first-order valence-electron chi connectivity index (χ1n) is 5.97. The SMILES string of the molecule is Cc1cc(C)c(NC(=O)CCCC(=O)[O-])c(C)c1. The maximum Gasteiger partial charge on any atom is 0.224 e. The molecule has 0 spiro atoms. The molecular formula is C14H18NO3-. The van der Waals surface area contributed by atoms with E-state index in [4.69, 9.17) is 0 Å². The lowest BCUT2D eigenvalue weighted by atomic mass is 10.0. The smallest absolute Gasteiger partial charge is 0.224 e. The number of benzene rings is 1. The number of amides is 1. The number of carbonyl (C=O) groups is 2. The second kappa shape index (κ2) is 6.19. The minimum atomic E-state index is -1.12. The molecule has 1 rings (SSSR count). The van der Waals surface area contributed by atoms with Crippen LogP contribution in [0.1, 0.15) is 36.0 Å². The van der Waals surface area contributed by atoms with Gasteiger partial charge < -0.3 is 15.2 Å². The van der Waals surface area contributed by atoms with Crippen LogP contribution in [0.25, 0.3) is 0 Å². The molecule has 4 nitrogen and oxygen atoms in total. The fraction of sp³-hybridized carbons (Fsp3) is 0.429. The van der Waals surface area contributed by atoms with Crippen LogP contribution >= 0.6 is 0 Å². The highest BCUT2D eigenvalue weighted by Crippen LogP contribution is 2.22. The Hall–Kier alpha value is -1.84.